The first-order chi connectivity index (χ1) is 5.61. The zero-order valence-electron chi connectivity index (χ0n) is 8.00. The van der Waals surface area contributed by atoms with Gasteiger partial charge in [0.05, 0.1) is 5.71 Å². The third-order valence-electron chi connectivity index (χ3n) is 2.64. The lowest BCUT2D eigenvalue weighted by Crippen LogP contribution is -2.60. The maximum absolute atomic E-state index is 5.47. The van der Waals surface area contributed by atoms with Crippen molar-refractivity contribution < 1.29 is 4.84 Å². The molecule has 1 spiro atoms. The Morgan fingerprint density at radius 3 is 2.58 bits per heavy atom. The quantitative estimate of drug-likeness (QED) is 0.585. The summed E-state index contributed by atoms with van der Waals surface area (Å²) in [5, 5.41) is 4.13. The fourth-order valence-corrected chi connectivity index (χ4v) is 1.97. The van der Waals surface area contributed by atoms with Crippen molar-refractivity contribution in [2.45, 2.75) is 25.9 Å². The molecule has 0 aromatic rings. The highest BCUT2D eigenvalue weighted by Crippen LogP contribution is 2.34. The van der Waals surface area contributed by atoms with E-state index in [-0.39, 0.29) is 5.60 Å². The molecule has 2 heterocycles. The lowest BCUT2D eigenvalue weighted by Gasteiger charge is -2.43. The standard InChI is InChI=1S/C9H16N2O/c1-7(2)8-4-9(12-10-8)5-11(3)6-9/h7H,4-6H2,1-3H3. The Bertz CT molecular complexity index is 217. The molecule has 2 aliphatic heterocycles. The van der Waals surface area contributed by atoms with Crippen LogP contribution in [-0.4, -0.2) is 36.3 Å². The molecule has 0 amide bonds. The molecule has 0 bridgehead atoms. The largest absolute Gasteiger partial charge is 0.386 e. The zero-order valence-corrected chi connectivity index (χ0v) is 8.00. The molecule has 0 N–H and O–H groups in total. The maximum Gasteiger partial charge on any atom is 0.168 e. The van der Waals surface area contributed by atoms with Crippen LogP contribution in [-0.2, 0) is 4.84 Å². The zero-order chi connectivity index (χ0) is 8.77. The fourth-order valence-electron chi connectivity index (χ4n) is 1.97. The molecule has 2 rings (SSSR count). The third-order valence-corrected chi connectivity index (χ3v) is 2.64. The molecular formula is C9H16N2O. The number of rotatable bonds is 1. The van der Waals surface area contributed by atoms with Crippen LogP contribution in [0.5, 0.6) is 0 Å². The molecule has 1 fully saturated rings. The Morgan fingerprint density at radius 2 is 2.17 bits per heavy atom. The van der Waals surface area contributed by atoms with Crippen LogP contribution >= 0.6 is 0 Å². The lowest BCUT2D eigenvalue weighted by atomic mass is 9.87. The van der Waals surface area contributed by atoms with Crippen LogP contribution in [0.25, 0.3) is 0 Å². The number of hydrogen-bond acceptors (Lipinski definition) is 3. The first-order valence-corrected chi connectivity index (χ1v) is 4.55. The monoisotopic (exact) mass is 168 g/mol. The Hall–Kier alpha value is -0.570. The van der Waals surface area contributed by atoms with Crippen molar-refractivity contribution in [3.63, 3.8) is 0 Å². The molecule has 68 valence electrons. The second-order valence-corrected chi connectivity index (χ2v) is 4.36. The van der Waals surface area contributed by atoms with E-state index in [4.69, 9.17) is 4.84 Å². The molecule has 0 radical (unpaired) electrons. The molecule has 0 saturated carbocycles. The Morgan fingerprint density at radius 1 is 1.50 bits per heavy atom. The minimum Gasteiger partial charge on any atom is -0.386 e. The van der Waals surface area contributed by atoms with Gasteiger partial charge in [-0.1, -0.05) is 19.0 Å². The van der Waals surface area contributed by atoms with Gasteiger partial charge in [-0.25, -0.2) is 0 Å². The summed E-state index contributed by atoms with van der Waals surface area (Å²) >= 11 is 0. The van der Waals surface area contributed by atoms with E-state index in [9.17, 15) is 0 Å². The van der Waals surface area contributed by atoms with Gasteiger partial charge in [-0.05, 0) is 13.0 Å². The van der Waals surface area contributed by atoms with E-state index in [0.717, 1.165) is 19.5 Å². The number of hydrogen-bond donors (Lipinski definition) is 0. The van der Waals surface area contributed by atoms with E-state index < -0.39 is 0 Å². The Kier molecular flexibility index (Phi) is 1.65. The van der Waals surface area contributed by atoms with Crippen LogP contribution < -0.4 is 0 Å². The van der Waals surface area contributed by atoms with Crippen LogP contribution in [0.3, 0.4) is 0 Å². The van der Waals surface area contributed by atoms with E-state index in [2.05, 4.69) is 31.0 Å². The molecular weight excluding hydrogens is 152 g/mol. The SMILES string of the molecule is CC(C)C1=NOC2(C1)CN(C)C2. The van der Waals surface area contributed by atoms with Crippen molar-refractivity contribution in [1.82, 2.24) is 4.90 Å². The highest BCUT2D eigenvalue weighted by atomic mass is 16.7. The van der Waals surface area contributed by atoms with Gasteiger partial charge < -0.3 is 4.84 Å². The van der Waals surface area contributed by atoms with Gasteiger partial charge in [-0.2, -0.15) is 0 Å². The second-order valence-electron chi connectivity index (χ2n) is 4.36. The molecule has 0 unspecified atom stereocenters. The normalized spacial score (nSPS) is 27.2. The summed E-state index contributed by atoms with van der Waals surface area (Å²) < 4.78 is 0. The van der Waals surface area contributed by atoms with Crippen molar-refractivity contribution in [2.24, 2.45) is 11.1 Å². The molecule has 0 aliphatic carbocycles. The van der Waals surface area contributed by atoms with Crippen LogP contribution in [0.2, 0.25) is 0 Å². The second kappa shape index (κ2) is 2.46. The summed E-state index contributed by atoms with van der Waals surface area (Å²) in [7, 11) is 2.11. The maximum atomic E-state index is 5.47. The topological polar surface area (TPSA) is 24.8 Å². The fraction of sp³-hybridized carbons (Fsp3) is 0.889. The summed E-state index contributed by atoms with van der Waals surface area (Å²) in [6, 6.07) is 0. The minimum absolute atomic E-state index is 0.0638. The third kappa shape index (κ3) is 1.12. The van der Waals surface area contributed by atoms with Gasteiger partial charge in [0.1, 0.15) is 0 Å². The highest BCUT2D eigenvalue weighted by Gasteiger charge is 2.48. The van der Waals surface area contributed by atoms with E-state index in [1.165, 1.54) is 5.71 Å². The van der Waals surface area contributed by atoms with Gasteiger partial charge in [0.2, 0.25) is 0 Å². The molecule has 3 nitrogen and oxygen atoms in total. The molecule has 0 aromatic heterocycles. The van der Waals surface area contributed by atoms with Gasteiger partial charge in [-0.15, -0.1) is 0 Å². The molecule has 12 heavy (non-hydrogen) atoms. The predicted octanol–water partition coefficient (Wildman–Crippen LogP) is 1.10. The predicted molar refractivity (Wildman–Crippen MR) is 48.2 cm³/mol. The molecule has 0 atom stereocenters. The van der Waals surface area contributed by atoms with Crippen LogP contribution in [0.4, 0.5) is 0 Å². The van der Waals surface area contributed by atoms with Gasteiger partial charge in [0.15, 0.2) is 5.60 Å². The Labute approximate surface area is 73.4 Å². The van der Waals surface area contributed by atoms with Crippen molar-refractivity contribution in [3.05, 3.63) is 0 Å². The van der Waals surface area contributed by atoms with Crippen LogP contribution in [0.15, 0.2) is 5.16 Å². The minimum atomic E-state index is 0.0638. The van der Waals surface area contributed by atoms with Gasteiger partial charge >= 0.3 is 0 Å². The van der Waals surface area contributed by atoms with E-state index in [1.807, 2.05) is 0 Å². The molecule has 2 aliphatic rings. The van der Waals surface area contributed by atoms with Gasteiger partial charge in [0, 0.05) is 19.5 Å². The Balaban J connectivity index is 1.95. The van der Waals surface area contributed by atoms with Gasteiger partial charge in [0.25, 0.3) is 0 Å². The number of oxime groups is 1. The van der Waals surface area contributed by atoms with Crippen molar-refractivity contribution in [2.75, 3.05) is 20.1 Å². The molecule has 1 saturated heterocycles. The highest BCUT2D eigenvalue weighted by molar-refractivity contribution is 5.88. The summed E-state index contributed by atoms with van der Waals surface area (Å²) in [6.07, 6.45) is 1.04. The first-order valence-electron chi connectivity index (χ1n) is 4.55. The van der Waals surface area contributed by atoms with E-state index in [1.54, 1.807) is 0 Å². The first kappa shape index (κ1) is 8.05. The van der Waals surface area contributed by atoms with E-state index >= 15 is 0 Å². The van der Waals surface area contributed by atoms with Crippen molar-refractivity contribution in [1.29, 1.82) is 0 Å². The average molecular weight is 168 g/mol. The molecule has 3 heteroatoms. The van der Waals surface area contributed by atoms with Crippen molar-refractivity contribution >= 4 is 5.71 Å². The summed E-state index contributed by atoms with van der Waals surface area (Å²) in [5.41, 5.74) is 1.29. The number of likely N-dealkylation sites (tertiary alicyclic amines) is 1. The van der Waals surface area contributed by atoms with E-state index in [0.29, 0.717) is 5.92 Å². The number of nitrogens with zero attached hydrogens (tertiary/aromatic N) is 2. The lowest BCUT2D eigenvalue weighted by molar-refractivity contribution is -0.116. The molecule has 0 aromatic carbocycles. The van der Waals surface area contributed by atoms with Gasteiger partial charge in [-0.3, -0.25) is 4.90 Å². The van der Waals surface area contributed by atoms with Crippen LogP contribution in [0.1, 0.15) is 20.3 Å². The summed E-state index contributed by atoms with van der Waals surface area (Å²) in [6.45, 7) is 6.41. The van der Waals surface area contributed by atoms with Crippen molar-refractivity contribution in [3.8, 4) is 0 Å². The number of likely N-dealkylation sites (N-methyl/N-ethyl adjacent to an activating group) is 1. The summed E-state index contributed by atoms with van der Waals surface area (Å²) in [4.78, 5) is 7.73. The average Bonchev–Trinajstić information content (AvgIpc) is 2.31. The summed E-state index contributed by atoms with van der Waals surface area (Å²) in [5.74, 6) is 0.537. The smallest absolute Gasteiger partial charge is 0.168 e. The van der Waals surface area contributed by atoms with Crippen LogP contribution in [0, 0.1) is 5.92 Å².